The van der Waals surface area contributed by atoms with E-state index < -0.39 is 0 Å². The molecule has 1 unspecified atom stereocenters. The maximum Gasteiger partial charge on any atom is 0.245 e. The van der Waals surface area contributed by atoms with Crippen LogP contribution in [0.3, 0.4) is 0 Å². The summed E-state index contributed by atoms with van der Waals surface area (Å²) in [6, 6.07) is 15.7. The lowest BCUT2D eigenvalue weighted by Gasteiger charge is -2.30. The molecule has 1 aliphatic rings. The number of pyridine rings is 1. The number of likely N-dealkylation sites (tertiary alicyclic amines) is 1. The van der Waals surface area contributed by atoms with Crippen molar-refractivity contribution in [3.8, 4) is 11.5 Å². The zero-order chi connectivity index (χ0) is 28.3. The number of rotatable bonds is 7. The number of piperidine rings is 1. The summed E-state index contributed by atoms with van der Waals surface area (Å²) in [6.07, 6.45) is 10.9. The Labute approximate surface area is 238 Å². The first-order chi connectivity index (χ1) is 20.0. The summed E-state index contributed by atoms with van der Waals surface area (Å²) in [7, 11) is 1.97. The van der Waals surface area contributed by atoms with Crippen molar-refractivity contribution in [1.29, 1.82) is 0 Å². The number of carbonyl (C=O) groups excluding carboxylic acids is 1. The summed E-state index contributed by atoms with van der Waals surface area (Å²) in [5.41, 5.74) is 6.03. The summed E-state index contributed by atoms with van der Waals surface area (Å²) in [5, 5.41) is 3.40. The number of aryl methyl sites for hydroxylation is 2. The molecule has 9 nitrogen and oxygen atoms in total. The average molecular weight is 546 g/mol. The fraction of sp³-hybridized carbons (Fsp3) is 0.219. The van der Waals surface area contributed by atoms with Crippen molar-refractivity contribution in [3.63, 3.8) is 0 Å². The lowest BCUT2D eigenvalue weighted by Crippen LogP contribution is -2.38. The van der Waals surface area contributed by atoms with Gasteiger partial charge in [-0.25, -0.2) is 19.9 Å². The minimum absolute atomic E-state index is 0.0133. The molecule has 1 N–H and O–H groups in total. The number of aromatic nitrogens is 5. The molecule has 1 aliphatic heterocycles. The maximum absolute atomic E-state index is 12.0. The van der Waals surface area contributed by atoms with Crippen molar-refractivity contribution in [2.75, 3.05) is 18.4 Å². The average Bonchev–Trinajstić information content (AvgIpc) is 3.37. The van der Waals surface area contributed by atoms with Crippen LogP contribution < -0.4 is 10.1 Å². The van der Waals surface area contributed by atoms with Crippen LogP contribution >= 0.6 is 0 Å². The Morgan fingerprint density at radius 3 is 2.85 bits per heavy atom. The number of fused-ring (bicyclic) bond motifs is 2. The first-order valence-corrected chi connectivity index (χ1v) is 13.6. The van der Waals surface area contributed by atoms with Crippen LogP contribution in [-0.2, 0) is 11.8 Å². The zero-order valence-electron chi connectivity index (χ0n) is 23.1. The maximum atomic E-state index is 12.0. The highest BCUT2D eigenvalue weighted by molar-refractivity contribution is 5.88. The molecule has 1 amide bonds. The van der Waals surface area contributed by atoms with Gasteiger partial charge in [0.15, 0.2) is 5.82 Å². The fourth-order valence-electron chi connectivity index (χ4n) is 5.16. The third-order valence-electron chi connectivity index (χ3n) is 7.35. The van der Waals surface area contributed by atoms with Crippen molar-refractivity contribution in [2.45, 2.75) is 19.8 Å². The Morgan fingerprint density at radius 1 is 1.10 bits per heavy atom. The molecule has 3 aromatic heterocycles. The molecule has 2 aromatic carbocycles. The molecule has 0 aliphatic carbocycles. The predicted molar refractivity (Wildman–Crippen MR) is 161 cm³/mol. The molecule has 9 heteroatoms. The molecule has 6 rings (SSSR count). The lowest BCUT2D eigenvalue weighted by atomic mass is 9.97. The first-order valence-electron chi connectivity index (χ1n) is 13.6. The van der Waals surface area contributed by atoms with Crippen LogP contribution in [-0.4, -0.2) is 48.4 Å². The van der Waals surface area contributed by atoms with Crippen LogP contribution in [0.2, 0.25) is 0 Å². The Kier molecular flexibility index (Phi) is 7.16. The van der Waals surface area contributed by atoms with Crippen LogP contribution in [0, 0.1) is 12.8 Å². The molecule has 1 fully saturated rings. The SMILES string of the molecule is C=CC(=O)N1CCCC(C=Cc2ccc3ncnc(Nc4ccc(Oc5ccc6c(c5)ncn6C)c(C)c4)c3n2)C1. The zero-order valence-corrected chi connectivity index (χ0v) is 23.1. The lowest BCUT2D eigenvalue weighted by molar-refractivity contribution is -0.127. The Balaban J connectivity index is 1.19. The normalized spacial score (nSPS) is 15.5. The van der Waals surface area contributed by atoms with Crippen LogP contribution in [0.5, 0.6) is 11.5 Å². The molecule has 1 saturated heterocycles. The number of amides is 1. The van der Waals surface area contributed by atoms with Crippen LogP contribution in [0.15, 0.2) is 79.9 Å². The number of nitrogens with zero attached hydrogens (tertiary/aromatic N) is 6. The third kappa shape index (κ3) is 5.65. The van der Waals surface area contributed by atoms with Crippen molar-refractivity contribution in [3.05, 3.63) is 91.2 Å². The molecule has 0 radical (unpaired) electrons. The van der Waals surface area contributed by atoms with E-state index in [1.807, 2.05) is 78.0 Å². The van der Waals surface area contributed by atoms with Gasteiger partial charge in [-0.3, -0.25) is 4.79 Å². The summed E-state index contributed by atoms with van der Waals surface area (Å²) in [6.45, 7) is 7.10. The highest BCUT2D eigenvalue weighted by Crippen LogP contribution is 2.31. The van der Waals surface area contributed by atoms with Gasteiger partial charge < -0.3 is 19.5 Å². The number of carbonyl (C=O) groups is 1. The van der Waals surface area contributed by atoms with E-state index >= 15 is 0 Å². The van der Waals surface area contributed by atoms with Crippen molar-refractivity contribution < 1.29 is 9.53 Å². The Morgan fingerprint density at radius 2 is 2.00 bits per heavy atom. The second kappa shape index (κ2) is 11.2. The van der Waals surface area contributed by atoms with E-state index in [9.17, 15) is 4.79 Å². The van der Waals surface area contributed by atoms with E-state index in [0.29, 0.717) is 17.9 Å². The van der Waals surface area contributed by atoms with E-state index in [0.717, 1.165) is 64.4 Å². The van der Waals surface area contributed by atoms with E-state index in [-0.39, 0.29) is 11.8 Å². The van der Waals surface area contributed by atoms with Crippen LogP contribution in [0.1, 0.15) is 24.1 Å². The Bertz CT molecular complexity index is 1790. The molecule has 41 heavy (non-hydrogen) atoms. The largest absolute Gasteiger partial charge is 0.457 e. The van der Waals surface area contributed by atoms with Gasteiger partial charge in [0.2, 0.25) is 5.91 Å². The van der Waals surface area contributed by atoms with Crippen LogP contribution in [0.25, 0.3) is 28.1 Å². The fourth-order valence-corrected chi connectivity index (χ4v) is 5.16. The molecule has 4 heterocycles. The third-order valence-corrected chi connectivity index (χ3v) is 7.35. The molecular weight excluding hydrogens is 514 g/mol. The number of anilines is 2. The number of benzene rings is 2. The van der Waals surface area contributed by atoms with Gasteiger partial charge in [-0.15, -0.1) is 0 Å². The standard InChI is InChI=1S/C32H31N7O2/c1-4-30(40)39-15-5-6-22(18-39)7-8-23-9-12-26-31(36-23)32(34-19-33-26)37-24-10-14-29(21(2)16-24)41-25-11-13-28-27(17-25)35-20-38(28)3/h4,7-14,16-17,19-20,22H,1,5-6,15,18H2,2-3H3,(H,33,34,37). The topological polar surface area (TPSA) is 98.1 Å². The molecular formula is C32H31N7O2. The number of nitrogens with one attached hydrogen (secondary N) is 1. The van der Waals surface area contributed by atoms with E-state index in [1.165, 1.54) is 12.4 Å². The van der Waals surface area contributed by atoms with Gasteiger partial charge >= 0.3 is 0 Å². The summed E-state index contributed by atoms with van der Waals surface area (Å²) < 4.78 is 8.15. The van der Waals surface area contributed by atoms with Gasteiger partial charge in [-0.1, -0.05) is 12.7 Å². The van der Waals surface area contributed by atoms with E-state index in [2.05, 4.69) is 32.9 Å². The van der Waals surface area contributed by atoms with E-state index in [4.69, 9.17) is 9.72 Å². The molecule has 1 atom stereocenters. The van der Waals surface area contributed by atoms with Gasteiger partial charge in [0.05, 0.1) is 28.6 Å². The predicted octanol–water partition coefficient (Wildman–Crippen LogP) is 6.19. The van der Waals surface area contributed by atoms with Gasteiger partial charge in [0, 0.05) is 31.9 Å². The molecule has 206 valence electrons. The van der Waals surface area contributed by atoms with Gasteiger partial charge in [0.1, 0.15) is 23.3 Å². The number of ether oxygens (including phenoxy) is 1. The summed E-state index contributed by atoms with van der Waals surface area (Å²) in [5.74, 6) is 2.39. The quantitative estimate of drug-likeness (QED) is 0.243. The van der Waals surface area contributed by atoms with Crippen molar-refractivity contribution in [2.24, 2.45) is 13.0 Å². The Hall–Kier alpha value is -5.05. The summed E-state index contributed by atoms with van der Waals surface area (Å²) in [4.78, 5) is 32.0. The monoisotopic (exact) mass is 545 g/mol. The minimum Gasteiger partial charge on any atom is -0.457 e. The van der Waals surface area contributed by atoms with Crippen LogP contribution in [0.4, 0.5) is 11.5 Å². The minimum atomic E-state index is -0.0133. The number of hydrogen-bond acceptors (Lipinski definition) is 7. The molecule has 0 spiro atoms. The molecule has 0 bridgehead atoms. The molecule has 0 saturated carbocycles. The summed E-state index contributed by atoms with van der Waals surface area (Å²) >= 11 is 0. The van der Waals surface area contributed by atoms with Crippen molar-refractivity contribution >= 4 is 45.6 Å². The van der Waals surface area contributed by atoms with Gasteiger partial charge in [0.25, 0.3) is 0 Å². The van der Waals surface area contributed by atoms with Crippen molar-refractivity contribution in [1.82, 2.24) is 29.4 Å². The van der Waals surface area contributed by atoms with E-state index in [1.54, 1.807) is 6.33 Å². The first kappa shape index (κ1) is 26.2. The van der Waals surface area contributed by atoms with Gasteiger partial charge in [-0.05, 0) is 85.9 Å². The number of imidazole rings is 1. The second-order valence-electron chi connectivity index (χ2n) is 10.3. The highest BCUT2D eigenvalue weighted by Gasteiger charge is 2.20. The van der Waals surface area contributed by atoms with Gasteiger partial charge in [-0.2, -0.15) is 0 Å². The second-order valence-corrected chi connectivity index (χ2v) is 10.3. The molecule has 5 aromatic rings. The highest BCUT2D eigenvalue weighted by atomic mass is 16.5. The number of hydrogen-bond donors (Lipinski definition) is 1. The smallest absolute Gasteiger partial charge is 0.245 e.